The SMILES string of the molecule is N#Cc1c(F)cccc1N1CCC[C@@]2(CCN(C3CCC(O)CC3)C2=O)C1. The number of nitriles is 1. The van der Waals surface area contributed by atoms with Gasteiger partial charge >= 0.3 is 0 Å². The highest BCUT2D eigenvalue weighted by Crippen LogP contribution is 2.44. The van der Waals surface area contributed by atoms with E-state index >= 15 is 0 Å². The number of benzene rings is 1. The monoisotopic (exact) mass is 371 g/mol. The van der Waals surface area contributed by atoms with Crippen molar-refractivity contribution in [3.8, 4) is 6.07 Å². The van der Waals surface area contributed by atoms with Gasteiger partial charge in [-0.3, -0.25) is 4.79 Å². The van der Waals surface area contributed by atoms with E-state index in [1.54, 1.807) is 12.1 Å². The maximum atomic E-state index is 14.0. The topological polar surface area (TPSA) is 67.6 Å². The number of piperidine rings is 1. The molecule has 1 amide bonds. The average molecular weight is 371 g/mol. The second-order valence-electron chi connectivity index (χ2n) is 8.26. The number of anilines is 1. The highest BCUT2D eigenvalue weighted by atomic mass is 19.1. The van der Waals surface area contributed by atoms with Gasteiger partial charge in [-0.25, -0.2) is 4.39 Å². The van der Waals surface area contributed by atoms with Crippen LogP contribution in [-0.2, 0) is 4.79 Å². The van der Waals surface area contributed by atoms with Crippen molar-refractivity contribution in [2.45, 2.75) is 57.1 Å². The van der Waals surface area contributed by atoms with Crippen molar-refractivity contribution in [2.24, 2.45) is 5.41 Å². The van der Waals surface area contributed by atoms with Crippen LogP contribution in [0.3, 0.4) is 0 Å². The highest BCUT2D eigenvalue weighted by molar-refractivity contribution is 5.86. The maximum absolute atomic E-state index is 14.0. The number of carbonyl (C=O) groups excluding carboxylic acids is 1. The number of halogens is 1. The van der Waals surface area contributed by atoms with Crippen molar-refractivity contribution in [2.75, 3.05) is 24.5 Å². The lowest BCUT2D eigenvalue weighted by atomic mass is 9.78. The molecular weight excluding hydrogens is 345 g/mol. The molecular formula is C21H26FN3O2. The summed E-state index contributed by atoms with van der Waals surface area (Å²) in [5, 5.41) is 19.1. The molecule has 1 N–H and O–H groups in total. The van der Waals surface area contributed by atoms with Gasteiger partial charge in [-0.2, -0.15) is 5.26 Å². The van der Waals surface area contributed by atoms with Gasteiger partial charge in [-0.15, -0.1) is 0 Å². The zero-order chi connectivity index (χ0) is 19.0. The number of aliphatic hydroxyl groups excluding tert-OH is 1. The van der Waals surface area contributed by atoms with Gasteiger partial charge in [0.05, 0.1) is 17.2 Å². The fraction of sp³-hybridized carbons (Fsp3) is 0.619. The first-order valence-corrected chi connectivity index (χ1v) is 9.97. The van der Waals surface area contributed by atoms with Crippen molar-refractivity contribution < 1.29 is 14.3 Å². The smallest absolute Gasteiger partial charge is 0.230 e. The van der Waals surface area contributed by atoms with Crippen molar-refractivity contribution >= 4 is 11.6 Å². The average Bonchev–Trinajstić information content (AvgIpc) is 2.98. The fourth-order valence-electron chi connectivity index (χ4n) is 5.17. The van der Waals surface area contributed by atoms with Gasteiger partial charge in [0.25, 0.3) is 0 Å². The van der Waals surface area contributed by atoms with Crippen molar-refractivity contribution in [3.05, 3.63) is 29.6 Å². The van der Waals surface area contributed by atoms with Crippen LogP contribution in [0.25, 0.3) is 0 Å². The number of rotatable bonds is 2. The highest BCUT2D eigenvalue weighted by Gasteiger charge is 2.50. The largest absolute Gasteiger partial charge is 0.393 e. The molecule has 27 heavy (non-hydrogen) atoms. The Morgan fingerprint density at radius 2 is 1.96 bits per heavy atom. The molecule has 1 aromatic rings. The van der Waals surface area contributed by atoms with Crippen LogP contribution in [0.2, 0.25) is 0 Å². The number of nitrogens with zero attached hydrogens (tertiary/aromatic N) is 3. The summed E-state index contributed by atoms with van der Waals surface area (Å²) in [7, 11) is 0. The third-order valence-electron chi connectivity index (χ3n) is 6.67. The molecule has 3 fully saturated rings. The molecule has 1 saturated carbocycles. The normalized spacial score (nSPS) is 31.4. The molecule has 0 radical (unpaired) electrons. The van der Waals surface area contributed by atoms with E-state index in [0.717, 1.165) is 58.0 Å². The molecule has 2 heterocycles. The summed E-state index contributed by atoms with van der Waals surface area (Å²) >= 11 is 0. The van der Waals surface area contributed by atoms with E-state index in [-0.39, 0.29) is 23.6 Å². The lowest BCUT2D eigenvalue weighted by Gasteiger charge is -2.41. The van der Waals surface area contributed by atoms with E-state index in [4.69, 9.17) is 0 Å². The second-order valence-corrected chi connectivity index (χ2v) is 8.26. The zero-order valence-corrected chi connectivity index (χ0v) is 15.5. The van der Waals surface area contributed by atoms with Crippen molar-refractivity contribution in [1.29, 1.82) is 5.26 Å². The molecule has 0 bridgehead atoms. The van der Waals surface area contributed by atoms with Gasteiger partial charge in [0.1, 0.15) is 17.4 Å². The molecule has 4 rings (SSSR count). The van der Waals surface area contributed by atoms with Crippen LogP contribution in [0.1, 0.15) is 50.5 Å². The van der Waals surface area contributed by atoms with Crippen LogP contribution in [-0.4, -0.2) is 47.7 Å². The first-order valence-electron chi connectivity index (χ1n) is 9.97. The molecule has 1 aromatic carbocycles. The van der Waals surface area contributed by atoms with E-state index in [0.29, 0.717) is 12.2 Å². The molecule has 1 aliphatic carbocycles. The van der Waals surface area contributed by atoms with Gasteiger partial charge in [0, 0.05) is 25.7 Å². The van der Waals surface area contributed by atoms with Crippen molar-refractivity contribution in [1.82, 2.24) is 4.90 Å². The second kappa shape index (κ2) is 7.12. The number of hydrogen-bond donors (Lipinski definition) is 1. The summed E-state index contributed by atoms with van der Waals surface area (Å²) in [6.45, 7) is 2.06. The van der Waals surface area contributed by atoms with E-state index in [9.17, 15) is 19.6 Å². The summed E-state index contributed by atoms with van der Waals surface area (Å²) in [6, 6.07) is 6.93. The summed E-state index contributed by atoms with van der Waals surface area (Å²) in [5.74, 6) is -0.293. The minimum absolute atomic E-state index is 0.0677. The van der Waals surface area contributed by atoms with E-state index in [1.807, 2.05) is 15.9 Å². The quantitative estimate of drug-likeness (QED) is 0.868. The van der Waals surface area contributed by atoms with Gasteiger partial charge in [-0.05, 0) is 57.1 Å². The molecule has 0 unspecified atom stereocenters. The van der Waals surface area contributed by atoms with Crippen LogP contribution in [0.4, 0.5) is 10.1 Å². The Labute approximate surface area is 159 Å². The van der Waals surface area contributed by atoms with E-state index < -0.39 is 11.2 Å². The predicted octanol–water partition coefficient (Wildman–Crippen LogP) is 2.82. The van der Waals surface area contributed by atoms with Gasteiger partial charge in [0.2, 0.25) is 5.91 Å². The Bertz CT molecular complexity index is 769. The van der Waals surface area contributed by atoms with Crippen LogP contribution < -0.4 is 4.90 Å². The van der Waals surface area contributed by atoms with Crippen LogP contribution >= 0.6 is 0 Å². The zero-order valence-electron chi connectivity index (χ0n) is 15.5. The number of amides is 1. The molecule has 1 spiro atoms. The molecule has 2 saturated heterocycles. The van der Waals surface area contributed by atoms with Crippen LogP contribution in [0.5, 0.6) is 0 Å². The molecule has 144 valence electrons. The summed E-state index contributed by atoms with van der Waals surface area (Å²) < 4.78 is 14.0. The predicted molar refractivity (Wildman–Crippen MR) is 99.6 cm³/mol. The minimum Gasteiger partial charge on any atom is -0.393 e. The molecule has 2 aliphatic heterocycles. The number of carbonyl (C=O) groups is 1. The Morgan fingerprint density at radius 1 is 1.19 bits per heavy atom. The van der Waals surface area contributed by atoms with Crippen LogP contribution in [0.15, 0.2) is 18.2 Å². The number of likely N-dealkylation sites (tertiary alicyclic amines) is 1. The first kappa shape index (κ1) is 18.2. The number of hydrogen-bond acceptors (Lipinski definition) is 4. The maximum Gasteiger partial charge on any atom is 0.230 e. The standard InChI is InChI=1S/C21H26FN3O2/c22-18-3-1-4-19(17(18)13-23)24-11-2-9-21(14-24)10-12-25(20(21)27)15-5-7-16(26)8-6-15/h1,3-4,15-16,26H,2,5-12,14H2/t15?,16?,21-/m1/s1. The molecule has 6 heteroatoms. The first-order chi connectivity index (χ1) is 13.0. The fourth-order valence-corrected chi connectivity index (χ4v) is 5.17. The Balaban J connectivity index is 1.54. The Hall–Kier alpha value is -2.13. The Morgan fingerprint density at radius 3 is 2.70 bits per heavy atom. The van der Waals surface area contributed by atoms with Crippen molar-refractivity contribution in [3.63, 3.8) is 0 Å². The van der Waals surface area contributed by atoms with Gasteiger partial charge < -0.3 is 14.9 Å². The minimum atomic E-state index is -0.505. The van der Waals surface area contributed by atoms with E-state index in [1.165, 1.54) is 6.07 Å². The molecule has 1 atom stereocenters. The molecule has 5 nitrogen and oxygen atoms in total. The van der Waals surface area contributed by atoms with Gasteiger partial charge in [0.15, 0.2) is 0 Å². The third-order valence-corrected chi connectivity index (χ3v) is 6.67. The lowest BCUT2D eigenvalue weighted by Crippen LogP contribution is -2.50. The molecule has 3 aliphatic rings. The Kier molecular flexibility index (Phi) is 4.81. The summed E-state index contributed by atoms with van der Waals surface area (Å²) in [5.41, 5.74) is 0.245. The third kappa shape index (κ3) is 3.19. The van der Waals surface area contributed by atoms with Gasteiger partial charge in [-0.1, -0.05) is 6.07 Å². The molecule has 0 aromatic heterocycles. The van der Waals surface area contributed by atoms with E-state index in [2.05, 4.69) is 0 Å². The summed E-state index contributed by atoms with van der Waals surface area (Å²) in [4.78, 5) is 17.4. The number of aliphatic hydroxyl groups is 1. The van der Waals surface area contributed by atoms with Crippen LogP contribution in [0, 0.1) is 22.6 Å². The lowest BCUT2D eigenvalue weighted by molar-refractivity contribution is -0.139. The summed E-state index contributed by atoms with van der Waals surface area (Å²) in [6.07, 6.45) is 5.58.